The van der Waals surface area contributed by atoms with Gasteiger partial charge in [-0.25, -0.2) is 4.79 Å². The Kier molecular flexibility index (Phi) is 4.51. The zero-order chi connectivity index (χ0) is 12.9. The van der Waals surface area contributed by atoms with E-state index in [0.717, 1.165) is 0 Å². The normalized spacial score (nSPS) is 23.9. The second-order valence-electron chi connectivity index (χ2n) is 4.64. The summed E-state index contributed by atoms with van der Waals surface area (Å²) in [6.07, 6.45) is 2.83. The van der Waals surface area contributed by atoms with Crippen molar-refractivity contribution in [3.05, 3.63) is 12.2 Å². The number of nitrogens with zero attached hydrogens (tertiary/aromatic N) is 1. The maximum absolute atomic E-state index is 11.4. The van der Waals surface area contributed by atoms with Gasteiger partial charge in [-0.05, 0) is 21.0 Å². The fourth-order valence-electron chi connectivity index (χ4n) is 1.35. The second-order valence-corrected chi connectivity index (χ2v) is 4.64. The lowest BCUT2D eigenvalue weighted by molar-refractivity contribution is -0.116. The fourth-order valence-corrected chi connectivity index (χ4v) is 1.35. The van der Waals surface area contributed by atoms with Gasteiger partial charge in [0.05, 0.1) is 5.54 Å². The highest BCUT2D eigenvalue weighted by Crippen LogP contribution is 2.10. The number of carbonyl (C=O) groups is 2. The summed E-state index contributed by atoms with van der Waals surface area (Å²) in [7, 11) is 3.85. The average Bonchev–Trinajstić information content (AvgIpc) is 2.56. The average molecular weight is 241 g/mol. The molecule has 1 aliphatic rings. The van der Waals surface area contributed by atoms with E-state index in [9.17, 15) is 9.59 Å². The summed E-state index contributed by atoms with van der Waals surface area (Å²) in [5.41, 5.74) is -0.512. The molecule has 96 valence electrons. The SMILES string of the molecule is CN(C)C/C=C/C(=O)NCC1(C)COC(=O)N1. The van der Waals surface area contributed by atoms with Crippen LogP contribution in [0.25, 0.3) is 0 Å². The minimum atomic E-state index is -0.512. The maximum atomic E-state index is 11.4. The molecule has 1 unspecified atom stereocenters. The van der Waals surface area contributed by atoms with E-state index in [1.165, 1.54) is 6.08 Å². The summed E-state index contributed by atoms with van der Waals surface area (Å²) >= 11 is 0. The van der Waals surface area contributed by atoms with E-state index in [-0.39, 0.29) is 12.5 Å². The Morgan fingerprint density at radius 3 is 2.88 bits per heavy atom. The fraction of sp³-hybridized carbons (Fsp3) is 0.636. The molecule has 0 bridgehead atoms. The molecular weight excluding hydrogens is 222 g/mol. The van der Waals surface area contributed by atoms with E-state index < -0.39 is 11.6 Å². The van der Waals surface area contributed by atoms with Gasteiger partial charge in [0.2, 0.25) is 5.91 Å². The first-order valence-electron chi connectivity index (χ1n) is 5.45. The molecule has 1 atom stereocenters. The Balaban J connectivity index is 2.28. The minimum absolute atomic E-state index is 0.172. The third-order valence-corrected chi connectivity index (χ3v) is 2.32. The van der Waals surface area contributed by atoms with E-state index in [1.54, 1.807) is 6.08 Å². The topological polar surface area (TPSA) is 70.7 Å². The van der Waals surface area contributed by atoms with Crippen molar-refractivity contribution < 1.29 is 14.3 Å². The predicted molar refractivity (Wildman–Crippen MR) is 63.6 cm³/mol. The molecular formula is C11H19N3O3. The van der Waals surface area contributed by atoms with Gasteiger partial charge in [-0.15, -0.1) is 0 Å². The van der Waals surface area contributed by atoms with Gasteiger partial charge < -0.3 is 20.3 Å². The first-order chi connectivity index (χ1) is 7.91. The Morgan fingerprint density at radius 2 is 2.35 bits per heavy atom. The van der Waals surface area contributed by atoms with Gasteiger partial charge >= 0.3 is 6.09 Å². The Labute approximate surface area is 101 Å². The van der Waals surface area contributed by atoms with Crippen molar-refractivity contribution in [1.29, 1.82) is 0 Å². The van der Waals surface area contributed by atoms with E-state index in [4.69, 9.17) is 4.74 Å². The van der Waals surface area contributed by atoms with Crippen LogP contribution < -0.4 is 10.6 Å². The van der Waals surface area contributed by atoms with Crippen LogP contribution in [0, 0.1) is 0 Å². The molecule has 2 N–H and O–H groups in total. The highest BCUT2D eigenvalue weighted by Gasteiger charge is 2.34. The highest BCUT2D eigenvalue weighted by molar-refractivity contribution is 5.87. The van der Waals surface area contributed by atoms with Gasteiger partial charge in [0.25, 0.3) is 0 Å². The molecule has 17 heavy (non-hydrogen) atoms. The van der Waals surface area contributed by atoms with Gasteiger partial charge in [-0.2, -0.15) is 0 Å². The zero-order valence-electron chi connectivity index (χ0n) is 10.4. The lowest BCUT2D eigenvalue weighted by atomic mass is 10.1. The molecule has 1 fully saturated rings. The zero-order valence-corrected chi connectivity index (χ0v) is 10.4. The van der Waals surface area contributed by atoms with Crippen molar-refractivity contribution >= 4 is 12.0 Å². The summed E-state index contributed by atoms with van der Waals surface area (Å²) in [6, 6.07) is 0. The van der Waals surface area contributed by atoms with Crippen LogP contribution >= 0.6 is 0 Å². The molecule has 0 aromatic carbocycles. The Morgan fingerprint density at radius 1 is 1.65 bits per heavy atom. The predicted octanol–water partition coefficient (Wildman–Crippen LogP) is -0.281. The van der Waals surface area contributed by atoms with Gasteiger partial charge in [0, 0.05) is 19.2 Å². The quantitative estimate of drug-likeness (QED) is 0.649. The maximum Gasteiger partial charge on any atom is 0.407 e. The number of hydrogen-bond acceptors (Lipinski definition) is 4. The van der Waals surface area contributed by atoms with Crippen molar-refractivity contribution in [2.75, 3.05) is 33.8 Å². The van der Waals surface area contributed by atoms with E-state index in [2.05, 4.69) is 10.6 Å². The molecule has 1 aliphatic heterocycles. The van der Waals surface area contributed by atoms with E-state index in [1.807, 2.05) is 25.9 Å². The number of nitrogens with one attached hydrogen (secondary N) is 2. The summed E-state index contributed by atoms with van der Waals surface area (Å²) in [5.74, 6) is -0.172. The number of carbonyl (C=O) groups excluding carboxylic acids is 2. The lowest BCUT2D eigenvalue weighted by Gasteiger charge is -2.20. The number of cyclic esters (lactones) is 1. The third kappa shape index (κ3) is 4.86. The molecule has 1 saturated heterocycles. The summed E-state index contributed by atoms with van der Waals surface area (Å²) in [4.78, 5) is 24.3. The lowest BCUT2D eigenvalue weighted by Crippen LogP contribution is -2.49. The van der Waals surface area contributed by atoms with E-state index in [0.29, 0.717) is 13.1 Å². The van der Waals surface area contributed by atoms with Crippen LogP contribution in [0.3, 0.4) is 0 Å². The molecule has 0 radical (unpaired) electrons. The number of rotatable bonds is 5. The summed E-state index contributed by atoms with van der Waals surface area (Å²) < 4.78 is 4.79. The second kappa shape index (κ2) is 5.67. The number of alkyl carbamates (subject to hydrolysis) is 1. The Bertz CT molecular complexity index is 328. The molecule has 6 nitrogen and oxygen atoms in total. The van der Waals surface area contributed by atoms with Crippen molar-refractivity contribution in [2.45, 2.75) is 12.5 Å². The standard InChI is InChI=1S/C11H19N3O3/c1-11(8-17-10(16)13-11)7-12-9(15)5-4-6-14(2)3/h4-5H,6-8H2,1-3H3,(H,12,15)(H,13,16)/b5-4+. The highest BCUT2D eigenvalue weighted by atomic mass is 16.6. The van der Waals surface area contributed by atoms with Gasteiger partial charge in [0.1, 0.15) is 6.61 Å². The number of hydrogen-bond donors (Lipinski definition) is 2. The summed E-state index contributed by atoms with van der Waals surface area (Å²) in [5, 5.41) is 5.37. The summed E-state index contributed by atoms with van der Waals surface area (Å²) in [6.45, 7) is 3.16. The van der Waals surface area contributed by atoms with Gasteiger partial charge in [-0.3, -0.25) is 4.79 Å². The minimum Gasteiger partial charge on any atom is -0.447 e. The van der Waals surface area contributed by atoms with E-state index >= 15 is 0 Å². The molecule has 0 aromatic rings. The van der Waals surface area contributed by atoms with Crippen molar-refractivity contribution in [3.63, 3.8) is 0 Å². The van der Waals surface area contributed by atoms with Crippen LogP contribution in [0.1, 0.15) is 6.92 Å². The molecule has 0 aromatic heterocycles. The molecule has 2 amide bonds. The van der Waals surface area contributed by atoms with Crippen molar-refractivity contribution in [2.24, 2.45) is 0 Å². The van der Waals surface area contributed by atoms with Crippen molar-refractivity contribution in [1.82, 2.24) is 15.5 Å². The first kappa shape index (κ1) is 13.5. The van der Waals surface area contributed by atoms with Crippen LogP contribution in [0.15, 0.2) is 12.2 Å². The number of likely N-dealkylation sites (N-methyl/N-ethyl adjacent to an activating group) is 1. The molecule has 1 heterocycles. The number of amides is 2. The Hall–Kier alpha value is -1.56. The van der Waals surface area contributed by atoms with Crippen LogP contribution in [0.4, 0.5) is 4.79 Å². The molecule has 0 spiro atoms. The van der Waals surface area contributed by atoms with Crippen molar-refractivity contribution in [3.8, 4) is 0 Å². The van der Waals surface area contributed by atoms with Crippen LogP contribution in [-0.4, -0.2) is 56.2 Å². The van der Waals surface area contributed by atoms with Gasteiger partial charge in [-0.1, -0.05) is 6.08 Å². The molecule has 1 rings (SSSR count). The first-order valence-corrected chi connectivity index (χ1v) is 5.45. The number of ether oxygens (including phenoxy) is 1. The molecule has 0 saturated carbocycles. The van der Waals surface area contributed by atoms with Crippen LogP contribution in [0.2, 0.25) is 0 Å². The van der Waals surface area contributed by atoms with Gasteiger partial charge in [0.15, 0.2) is 0 Å². The molecule has 0 aliphatic carbocycles. The van der Waals surface area contributed by atoms with Crippen LogP contribution in [-0.2, 0) is 9.53 Å². The smallest absolute Gasteiger partial charge is 0.407 e. The largest absolute Gasteiger partial charge is 0.447 e. The monoisotopic (exact) mass is 241 g/mol. The third-order valence-electron chi connectivity index (χ3n) is 2.32. The van der Waals surface area contributed by atoms with Crippen LogP contribution in [0.5, 0.6) is 0 Å². The molecule has 6 heteroatoms.